The fourth-order valence-electron chi connectivity index (χ4n) is 9.59. The molecule has 30 heteroatoms. The third-order valence-electron chi connectivity index (χ3n) is 13.6. The second-order valence-corrected chi connectivity index (χ2v) is 22.1. The lowest BCUT2D eigenvalue weighted by Gasteiger charge is -2.43. The number of carboxylic acid groups (broad SMARTS) is 2. The lowest BCUT2D eigenvalue weighted by atomic mass is 9.72. The zero-order valence-corrected chi connectivity index (χ0v) is 45.4. The van der Waals surface area contributed by atoms with Crippen LogP contribution in [0.3, 0.4) is 0 Å². The minimum absolute atomic E-state index is 0.00234. The van der Waals surface area contributed by atoms with Crippen LogP contribution in [0.1, 0.15) is 111 Å². The van der Waals surface area contributed by atoms with Crippen molar-refractivity contribution < 1.29 is 87.9 Å². The molecule has 3 amide bonds. The number of aromatic nitrogens is 4. The summed E-state index contributed by atoms with van der Waals surface area (Å²) in [5.74, 6) is -10.3. The van der Waals surface area contributed by atoms with Crippen molar-refractivity contribution in [1.82, 2.24) is 35.9 Å². The number of ketones is 3. The number of aromatic hydroxyl groups is 2. The molecule has 2 aliphatic carbocycles. The average Bonchev–Trinajstić information content (AvgIpc) is 1.01. The Morgan fingerprint density at radius 1 is 0.915 bits per heavy atom. The van der Waals surface area contributed by atoms with Gasteiger partial charge in [-0.1, -0.05) is 33.7 Å². The topological polar surface area (TPSA) is 441 Å². The number of amides is 3. The van der Waals surface area contributed by atoms with Gasteiger partial charge in [-0.3, -0.25) is 33.8 Å². The summed E-state index contributed by atoms with van der Waals surface area (Å²) in [5, 5.41) is 76.1. The lowest BCUT2D eigenvalue weighted by Crippen LogP contribution is -2.52. The van der Waals surface area contributed by atoms with Crippen molar-refractivity contribution in [3.8, 4) is 17.2 Å². The van der Waals surface area contributed by atoms with E-state index in [1.165, 1.54) is 50.6 Å². The number of Topliss-reactive ketones (excluding diaryl/α,β-unsaturated/α-hetero) is 1. The van der Waals surface area contributed by atoms with E-state index in [9.17, 15) is 73.8 Å². The standard InChI is InChI=1S/C52H55N9O19S2/c1-22(62)52(76)17-28-36(43(67)38-37(41(28)65)40(64)27-5-4-6-31(77-3)35(27)42(38)66)32(18-52)79-34-15-25(16-51(2,75)80-34)57-50(74)78-13-14-81-82-21-30(48(72)73)58-33(63)12-11-29(47(70)71)59-45(68)23-7-9-24(10-8-23)54-19-26-20-55-44-39(56-26)46(69)61-49(53)60-44/h4-10,20,25,29-30,32,34,54,65,67,75-76H,11-19,21H2,1-3H3,(H,57,74)(H,58,63)(H,59,68)(H,70,71)(H,72,73)(H3,53,55,60,61,69)/t25?,29?,30?,32?,34?,51?,52-/m0/s1. The van der Waals surface area contributed by atoms with Gasteiger partial charge in [0.2, 0.25) is 17.6 Å². The molecular weight excluding hydrogens is 1120 g/mol. The normalized spacial score (nSPS) is 20.7. The Labute approximate surface area is 471 Å². The van der Waals surface area contributed by atoms with Gasteiger partial charge < -0.3 is 76.6 Å². The summed E-state index contributed by atoms with van der Waals surface area (Å²) in [4.78, 5) is 130. The maximum Gasteiger partial charge on any atom is 0.407 e. The van der Waals surface area contributed by atoms with Gasteiger partial charge in [0.05, 0.1) is 48.3 Å². The highest BCUT2D eigenvalue weighted by Crippen LogP contribution is 2.53. The molecule has 1 aliphatic heterocycles. The molecule has 5 aromatic rings. The van der Waals surface area contributed by atoms with Crippen LogP contribution in [0.25, 0.3) is 11.2 Å². The molecule has 2 aromatic heterocycles. The molecule has 1 saturated heterocycles. The van der Waals surface area contributed by atoms with Crippen LogP contribution in [-0.4, -0.2) is 159 Å². The number of hydrogen-bond acceptors (Lipinski definition) is 24. The van der Waals surface area contributed by atoms with E-state index < -0.39 is 137 Å². The van der Waals surface area contributed by atoms with Crippen LogP contribution in [-0.2, 0) is 46.4 Å². The highest BCUT2D eigenvalue weighted by molar-refractivity contribution is 8.76. The zero-order chi connectivity index (χ0) is 59.4. The fraction of sp³-hybridized carbons (Fsp3) is 0.385. The number of fused-ring (bicyclic) bond motifs is 4. The van der Waals surface area contributed by atoms with Crippen molar-refractivity contribution in [2.45, 2.75) is 101 Å². The second-order valence-electron chi connectivity index (χ2n) is 19.5. The summed E-state index contributed by atoms with van der Waals surface area (Å²) in [5.41, 5.74) is 2.10. The third kappa shape index (κ3) is 13.3. The van der Waals surface area contributed by atoms with Crippen molar-refractivity contribution >= 4 is 91.6 Å². The number of nitrogens with one attached hydrogen (secondary N) is 5. The number of rotatable bonds is 22. The number of alkyl carbamates (subject to hydrolysis) is 1. The van der Waals surface area contributed by atoms with Crippen LogP contribution in [0.5, 0.6) is 17.2 Å². The number of carbonyl (C=O) groups is 8. The largest absolute Gasteiger partial charge is 0.507 e. The number of methoxy groups -OCH3 is 1. The molecule has 1 fully saturated rings. The summed E-state index contributed by atoms with van der Waals surface area (Å²) in [6.45, 7) is 2.33. The number of aromatic amines is 1. The number of phenolic OH excluding ortho intramolecular Hbond substituents is 2. The zero-order valence-electron chi connectivity index (χ0n) is 43.8. The van der Waals surface area contributed by atoms with Crippen molar-refractivity contribution in [3.05, 3.63) is 104 Å². The molecule has 6 unspecified atom stereocenters. The number of H-pyrrole nitrogens is 1. The van der Waals surface area contributed by atoms with Gasteiger partial charge >= 0.3 is 18.0 Å². The first-order valence-corrected chi connectivity index (χ1v) is 27.6. The molecule has 82 heavy (non-hydrogen) atoms. The maximum atomic E-state index is 14.0. The van der Waals surface area contributed by atoms with Crippen LogP contribution in [0, 0.1) is 0 Å². The van der Waals surface area contributed by atoms with Gasteiger partial charge in [0.15, 0.2) is 34.8 Å². The number of ether oxygens (including phenoxy) is 4. The quantitative estimate of drug-likeness (QED) is 0.0263. The molecule has 434 valence electrons. The van der Waals surface area contributed by atoms with E-state index in [1.54, 1.807) is 12.1 Å². The number of benzene rings is 3. The molecule has 8 rings (SSSR count). The first-order chi connectivity index (χ1) is 38.9. The maximum absolute atomic E-state index is 14.0. The van der Waals surface area contributed by atoms with Crippen molar-refractivity contribution in [1.29, 1.82) is 0 Å². The number of nitrogens with two attached hydrogens (primary N) is 1. The summed E-state index contributed by atoms with van der Waals surface area (Å²) in [7, 11) is 3.42. The molecule has 0 saturated carbocycles. The van der Waals surface area contributed by atoms with Crippen LogP contribution in [0.4, 0.5) is 16.4 Å². The van der Waals surface area contributed by atoms with Gasteiger partial charge in [0.25, 0.3) is 11.5 Å². The van der Waals surface area contributed by atoms with Crippen LogP contribution in [0.2, 0.25) is 0 Å². The van der Waals surface area contributed by atoms with Crippen LogP contribution in [0.15, 0.2) is 53.5 Å². The first-order valence-electron chi connectivity index (χ1n) is 25.1. The Kier molecular flexibility index (Phi) is 18.0. The number of anilines is 2. The van der Waals surface area contributed by atoms with E-state index in [-0.39, 0.29) is 94.6 Å². The second kappa shape index (κ2) is 24.7. The number of nitrogens with zero attached hydrogens (tertiary/aromatic N) is 3. The average molecular weight is 1170 g/mol. The number of aliphatic carboxylic acids is 2. The number of carbonyl (C=O) groups excluding carboxylic acids is 6. The first kappa shape index (κ1) is 59.7. The summed E-state index contributed by atoms with van der Waals surface area (Å²) in [6, 6.07) is 6.40. The predicted octanol–water partition coefficient (Wildman–Crippen LogP) is 1.98. The Morgan fingerprint density at radius 2 is 1.63 bits per heavy atom. The van der Waals surface area contributed by atoms with E-state index in [4.69, 9.17) is 24.7 Å². The SMILES string of the molecule is COc1cccc2c1C(=O)c1c(O)c3c(c(O)c1C2=O)C[C@@](O)(C(C)=O)CC3OC1CC(NC(=O)OCCSSCC(NC(=O)CCC(NC(=O)c2ccc(NCc3cnc4nc(N)[nH]c(=O)c4n3)cc2)C(=O)O)C(=O)O)CC(C)(O)O1. The number of nitrogen functional groups attached to an aromatic ring is 1. The van der Waals surface area contributed by atoms with E-state index in [2.05, 4.69) is 41.2 Å². The molecule has 3 aromatic carbocycles. The minimum Gasteiger partial charge on any atom is -0.507 e. The van der Waals surface area contributed by atoms with Crippen molar-refractivity contribution in [3.63, 3.8) is 0 Å². The molecule has 0 spiro atoms. The number of hydrogen-bond donors (Lipinski definition) is 12. The Bertz CT molecular complexity index is 3450. The van der Waals surface area contributed by atoms with Gasteiger partial charge in [0, 0.05) is 77.6 Å². The molecule has 7 atom stereocenters. The molecule has 0 radical (unpaired) electrons. The molecule has 0 bridgehead atoms. The highest BCUT2D eigenvalue weighted by Gasteiger charge is 2.50. The van der Waals surface area contributed by atoms with Crippen LogP contribution < -0.4 is 37.3 Å². The molecular formula is C52H55N9O19S2. The fourth-order valence-corrected chi connectivity index (χ4v) is 11.6. The summed E-state index contributed by atoms with van der Waals surface area (Å²) in [6.07, 6.45) is -4.73. The van der Waals surface area contributed by atoms with E-state index in [1.807, 2.05) is 0 Å². The monoisotopic (exact) mass is 1170 g/mol. The summed E-state index contributed by atoms with van der Waals surface area (Å²) < 4.78 is 22.6. The lowest BCUT2D eigenvalue weighted by molar-refractivity contribution is -0.322. The minimum atomic E-state index is -2.20. The van der Waals surface area contributed by atoms with Crippen molar-refractivity contribution in [2.75, 3.05) is 36.3 Å². The smallest absolute Gasteiger partial charge is 0.407 e. The van der Waals surface area contributed by atoms with Gasteiger partial charge in [0.1, 0.15) is 41.5 Å². The van der Waals surface area contributed by atoms with Gasteiger partial charge in [-0.2, -0.15) is 4.98 Å². The Morgan fingerprint density at radius 3 is 2.33 bits per heavy atom. The highest BCUT2D eigenvalue weighted by atomic mass is 33.1. The van der Waals surface area contributed by atoms with Gasteiger partial charge in [-0.05, 0) is 50.6 Å². The predicted molar refractivity (Wildman–Crippen MR) is 289 cm³/mol. The Hall–Kier alpha value is -8.42. The number of carboxylic acids is 2. The summed E-state index contributed by atoms with van der Waals surface area (Å²) >= 11 is 0. The van der Waals surface area contributed by atoms with Crippen LogP contribution >= 0.6 is 21.6 Å². The van der Waals surface area contributed by atoms with E-state index >= 15 is 0 Å². The number of aliphatic hydroxyl groups is 2. The third-order valence-corrected chi connectivity index (χ3v) is 16.0. The van der Waals surface area contributed by atoms with Gasteiger partial charge in [-0.25, -0.2) is 24.4 Å². The molecule has 3 aliphatic rings. The molecule has 3 heterocycles. The van der Waals surface area contributed by atoms with Crippen molar-refractivity contribution in [2.24, 2.45) is 0 Å². The molecule has 28 nitrogen and oxygen atoms in total. The van der Waals surface area contributed by atoms with Gasteiger partial charge in [-0.15, -0.1) is 0 Å². The Balaban J connectivity index is 0.782. The van der Waals surface area contributed by atoms with E-state index in [0.29, 0.717) is 11.4 Å². The number of phenols is 2. The molecule has 13 N–H and O–H groups in total. The van der Waals surface area contributed by atoms with E-state index in [0.717, 1.165) is 28.5 Å².